The zero-order chi connectivity index (χ0) is 13.3. The smallest absolute Gasteiger partial charge is 0.150 e. The Morgan fingerprint density at radius 2 is 1.94 bits per heavy atom. The fourth-order valence-corrected chi connectivity index (χ4v) is 4.42. The Morgan fingerprint density at radius 3 is 2.41 bits per heavy atom. The molecule has 0 aromatic heterocycles. The fourth-order valence-electron chi connectivity index (χ4n) is 3.24. The second-order valence-electron chi connectivity index (χ2n) is 6.49. The van der Waals surface area contributed by atoms with Crippen molar-refractivity contribution in [2.75, 3.05) is 6.26 Å². The van der Waals surface area contributed by atoms with E-state index in [4.69, 9.17) is 5.73 Å². The molecule has 3 atom stereocenters. The van der Waals surface area contributed by atoms with E-state index in [0.29, 0.717) is 5.92 Å². The number of rotatable bonds is 4. The predicted molar refractivity (Wildman–Crippen MR) is 72.6 cm³/mol. The third-order valence-corrected chi connectivity index (χ3v) is 5.82. The van der Waals surface area contributed by atoms with Crippen molar-refractivity contribution in [2.24, 2.45) is 17.1 Å². The van der Waals surface area contributed by atoms with Gasteiger partial charge in [0.05, 0.1) is 5.25 Å². The number of hydrogen-bond donors (Lipinski definition) is 1. The van der Waals surface area contributed by atoms with Crippen LogP contribution in [0, 0.1) is 11.3 Å². The minimum Gasteiger partial charge on any atom is -0.328 e. The largest absolute Gasteiger partial charge is 0.328 e. The van der Waals surface area contributed by atoms with Crippen LogP contribution in [0.3, 0.4) is 0 Å². The zero-order valence-electron chi connectivity index (χ0n) is 11.6. The van der Waals surface area contributed by atoms with Crippen molar-refractivity contribution in [3.05, 3.63) is 0 Å². The van der Waals surface area contributed by atoms with E-state index in [1.807, 2.05) is 6.92 Å². The molecule has 1 rings (SSSR count). The highest BCUT2D eigenvalue weighted by atomic mass is 32.2. The van der Waals surface area contributed by atoms with Gasteiger partial charge in [-0.05, 0) is 43.9 Å². The molecule has 1 aliphatic rings. The lowest BCUT2D eigenvalue weighted by Crippen LogP contribution is -2.37. The number of nitrogens with two attached hydrogens (primary N) is 1. The zero-order valence-corrected chi connectivity index (χ0v) is 12.4. The molecule has 2 N–H and O–H groups in total. The van der Waals surface area contributed by atoms with Crippen LogP contribution in [0.1, 0.15) is 52.9 Å². The first kappa shape index (κ1) is 15.0. The van der Waals surface area contributed by atoms with Crippen LogP contribution >= 0.6 is 0 Å². The van der Waals surface area contributed by atoms with Gasteiger partial charge in [0, 0.05) is 12.3 Å². The standard InChI is InChI=1S/C13H27NO2S/c1-10(14)9-13(2,3)11-6-5-7-12(8-11)17(4,15)16/h10-12H,5-9,14H2,1-4H3. The molecule has 1 saturated carbocycles. The summed E-state index contributed by atoms with van der Waals surface area (Å²) in [7, 11) is -2.88. The van der Waals surface area contributed by atoms with Crippen molar-refractivity contribution in [3.8, 4) is 0 Å². The molecule has 0 heterocycles. The maximum absolute atomic E-state index is 11.7. The van der Waals surface area contributed by atoms with E-state index in [2.05, 4.69) is 13.8 Å². The highest BCUT2D eigenvalue weighted by Crippen LogP contribution is 2.42. The molecule has 0 aromatic carbocycles. The first-order chi connectivity index (χ1) is 7.63. The lowest BCUT2D eigenvalue weighted by molar-refractivity contribution is 0.140. The van der Waals surface area contributed by atoms with Gasteiger partial charge in [-0.3, -0.25) is 0 Å². The molecule has 4 heteroatoms. The molecular weight excluding hydrogens is 234 g/mol. The topological polar surface area (TPSA) is 60.2 Å². The molecule has 0 aliphatic heterocycles. The fraction of sp³-hybridized carbons (Fsp3) is 1.00. The Morgan fingerprint density at radius 1 is 1.35 bits per heavy atom. The van der Waals surface area contributed by atoms with Crippen LogP contribution < -0.4 is 5.73 Å². The van der Waals surface area contributed by atoms with Gasteiger partial charge in [-0.25, -0.2) is 8.42 Å². The van der Waals surface area contributed by atoms with E-state index in [-0.39, 0.29) is 16.7 Å². The molecule has 0 amide bonds. The lowest BCUT2D eigenvalue weighted by atomic mass is 9.68. The van der Waals surface area contributed by atoms with E-state index < -0.39 is 9.84 Å². The van der Waals surface area contributed by atoms with Crippen LogP contribution in [0.4, 0.5) is 0 Å². The molecule has 3 nitrogen and oxygen atoms in total. The Balaban J connectivity index is 2.72. The average molecular weight is 261 g/mol. The van der Waals surface area contributed by atoms with Crippen molar-refractivity contribution in [1.29, 1.82) is 0 Å². The van der Waals surface area contributed by atoms with Gasteiger partial charge in [-0.2, -0.15) is 0 Å². The first-order valence-electron chi connectivity index (χ1n) is 6.57. The van der Waals surface area contributed by atoms with Crippen LogP contribution in [-0.2, 0) is 9.84 Å². The molecular formula is C13H27NO2S. The lowest BCUT2D eigenvalue weighted by Gasteiger charge is -2.40. The predicted octanol–water partition coefficient (Wildman–Crippen LogP) is 2.35. The summed E-state index contributed by atoms with van der Waals surface area (Å²) in [6.45, 7) is 6.48. The molecule has 1 aliphatic carbocycles. The molecule has 0 radical (unpaired) electrons. The van der Waals surface area contributed by atoms with Gasteiger partial charge in [-0.1, -0.05) is 20.3 Å². The summed E-state index contributed by atoms with van der Waals surface area (Å²) in [5.41, 5.74) is 6.04. The highest BCUT2D eigenvalue weighted by Gasteiger charge is 2.37. The Labute approximate surface area is 106 Å². The maximum Gasteiger partial charge on any atom is 0.150 e. The minimum absolute atomic E-state index is 0.131. The second-order valence-corrected chi connectivity index (χ2v) is 8.81. The van der Waals surface area contributed by atoms with E-state index in [1.165, 1.54) is 6.26 Å². The summed E-state index contributed by atoms with van der Waals surface area (Å²) in [6.07, 6.45) is 6.17. The van der Waals surface area contributed by atoms with Crippen molar-refractivity contribution in [3.63, 3.8) is 0 Å². The molecule has 3 unspecified atom stereocenters. The van der Waals surface area contributed by atoms with E-state index in [1.54, 1.807) is 0 Å². The summed E-state index contributed by atoms with van der Waals surface area (Å²) in [6, 6.07) is 0.184. The van der Waals surface area contributed by atoms with Gasteiger partial charge >= 0.3 is 0 Å². The van der Waals surface area contributed by atoms with Crippen molar-refractivity contribution in [2.45, 2.75) is 64.2 Å². The molecule has 1 fully saturated rings. The Kier molecular flexibility index (Phi) is 4.64. The summed E-state index contributed by atoms with van der Waals surface area (Å²) in [5.74, 6) is 0.488. The van der Waals surface area contributed by atoms with Gasteiger partial charge in [-0.15, -0.1) is 0 Å². The summed E-state index contributed by atoms with van der Waals surface area (Å²) in [4.78, 5) is 0. The molecule has 0 spiro atoms. The summed E-state index contributed by atoms with van der Waals surface area (Å²) in [5, 5.41) is -0.131. The third kappa shape index (κ3) is 4.25. The molecule has 0 bridgehead atoms. The maximum atomic E-state index is 11.7. The van der Waals surface area contributed by atoms with Crippen LogP contribution in [-0.4, -0.2) is 26.0 Å². The minimum atomic E-state index is -2.88. The Hall–Kier alpha value is -0.0900. The van der Waals surface area contributed by atoms with Gasteiger partial charge < -0.3 is 5.73 Å². The van der Waals surface area contributed by atoms with E-state index in [0.717, 1.165) is 32.1 Å². The molecule has 17 heavy (non-hydrogen) atoms. The normalized spacial score (nSPS) is 29.0. The summed E-state index contributed by atoms with van der Waals surface area (Å²) < 4.78 is 23.3. The molecule has 0 aromatic rings. The van der Waals surface area contributed by atoms with Gasteiger partial charge in [0.2, 0.25) is 0 Å². The van der Waals surface area contributed by atoms with Crippen LogP contribution in [0.2, 0.25) is 0 Å². The quantitative estimate of drug-likeness (QED) is 0.845. The Bertz CT molecular complexity index is 346. The SMILES string of the molecule is CC(N)CC(C)(C)C1CCCC(S(C)(=O)=O)C1. The molecule has 0 saturated heterocycles. The van der Waals surface area contributed by atoms with Crippen molar-refractivity contribution >= 4 is 9.84 Å². The van der Waals surface area contributed by atoms with E-state index in [9.17, 15) is 8.42 Å². The van der Waals surface area contributed by atoms with E-state index >= 15 is 0 Å². The van der Waals surface area contributed by atoms with Crippen LogP contribution in [0.15, 0.2) is 0 Å². The third-order valence-electron chi connectivity index (χ3n) is 4.18. The highest BCUT2D eigenvalue weighted by molar-refractivity contribution is 7.91. The summed E-state index contributed by atoms with van der Waals surface area (Å²) >= 11 is 0. The van der Waals surface area contributed by atoms with Gasteiger partial charge in [0.1, 0.15) is 9.84 Å². The monoisotopic (exact) mass is 261 g/mol. The van der Waals surface area contributed by atoms with Crippen LogP contribution in [0.25, 0.3) is 0 Å². The second kappa shape index (κ2) is 5.27. The van der Waals surface area contributed by atoms with Crippen molar-refractivity contribution < 1.29 is 8.42 Å². The molecule has 102 valence electrons. The average Bonchev–Trinajstić information content (AvgIpc) is 2.14. The number of sulfone groups is 1. The first-order valence-corrected chi connectivity index (χ1v) is 8.53. The number of hydrogen-bond acceptors (Lipinski definition) is 3. The van der Waals surface area contributed by atoms with Gasteiger partial charge in [0.25, 0.3) is 0 Å². The van der Waals surface area contributed by atoms with Crippen LogP contribution in [0.5, 0.6) is 0 Å². The van der Waals surface area contributed by atoms with Crippen molar-refractivity contribution in [1.82, 2.24) is 0 Å². The van der Waals surface area contributed by atoms with Gasteiger partial charge in [0.15, 0.2) is 0 Å².